The van der Waals surface area contributed by atoms with Crippen molar-refractivity contribution >= 4 is 11.9 Å². The van der Waals surface area contributed by atoms with Crippen molar-refractivity contribution in [1.82, 2.24) is 0 Å². The fraction of sp³-hybridized carbons (Fsp3) is 0.625. The molecule has 0 bridgehead atoms. The van der Waals surface area contributed by atoms with Crippen molar-refractivity contribution in [2.75, 3.05) is 26.4 Å². The van der Waals surface area contributed by atoms with Gasteiger partial charge in [-0.15, -0.1) is 0 Å². The molecule has 2 fully saturated rings. The standard InChI is InChI=1S/C48H70O6/c1-7-9-10-14-36-17-19-38(20-18-36)39-21-23-40(24-22-39)41-25-26-45(37(8-2)31-41)44-32-42(15-11-28-53-47(50)34(3)4)46(52-30-13-27-49)43(33-44)16-12-29-54-48(51)35(5)6/h25-26,31-33,36,38-40,49H,3,5,7-24,27-30H2,1-2,4,6H3. The topological polar surface area (TPSA) is 82.1 Å². The van der Waals surface area contributed by atoms with Gasteiger partial charge in [0, 0.05) is 24.2 Å². The van der Waals surface area contributed by atoms with Crippen LogP contribution in [-0.4, -0.2) is 43.5 Å². The summed E-state index contributed by atoms with van der Waals surface area (Å²) in [6, 6.07) is 11.6. The Hall–Kier alpha value is -3.38. The number of aliphatic hydroxyl groups excluding tert-OH is 1. The van der Waals surface area contributed by atoms with E-state index in [0.717, 1.165) is 46.6 Å². The molecule has 2 saturated carbocycles. The van der Waals surface area contributed by atoms with Gasteiger partial charge in [-0.3, -0.25) is 0 Å². The third kappa shape index (κ3) is 13.1. The lowest BCUT2D eigenvalue weighted by atomic mass is 9.68. The predicted octanol–water partition coefficient (Wildman–Crippen LogP) is 11.4. The highest BCUT2D eigenvalue weighted by atomic mass is 16.5. The molecule has 0 radical (unpaired) electrons. The fourth-order valence-electron chi connectivity index (χ4n) is 8.80. The zero-order valence-electron chi connectivity index (χ0n) is 34.2. The van der Waals surface area contributed by atoms with Gasteiger partial charge in [0.25, 0.3) is 0 Å². The second-order valence-corrected chi connectivity index (χ2v) is 16.2. The number of carbonyl (C=O) groups is 2. The van der Waals surface area contributed by atoms with E-state index in [1.807, 2.05) is 0 Å². The van der Waals surface area contributed by atoms with Crippen LogP contribution in [0.5, 0.6) is 5.75 Å². The van der Waals surface area contributed by atoms with Crippen LogP contribution in [0.4, 0.5) is 0 Å². The van der Waals surface area contributed by atoms with E-state index in [1.54, 1.807) is 13.8 Å². The van der Waals surface area contributed by atoms with E-state index in [1.165, 1.54) is 93.7 Å². The maximum Gasteiger partial charge on any atom is 0.333 e. The van der Waals surface area contributed by atoms with Crippen LogP contribution in [0.15, 0.2) is 54.6 Å². The van der Waals surface area contributed by atoms with Crippen molar-refractivity contribution in [3.05, 3.63) is 76.9 Å². The molecular formula is C48H70O6. The third-order valence-electron chi connectivity index (χ3n) is 12.0. The summed E-state index contributed by atoms with van der Waals surface area (Å²) < 4.78 is 17.2. The van der Waals surface area contributed by atoms with Gasteiger partial charge in [0.05, 0.1) is 19.8 Å². The summed E-state index contributed by atoms with van der Waals surface area (Å²) >= 11 is 0. The summed E-state index contributed by atoms with van der Waals surface area (Å²) in [5.41, 5.74) is 8.08. The molecule has 0 saturated heterocycles. The average Bonchev–Trinajstić information content (AvgIpc) is 3.18. The van der Waals surface area contributed by atoms with Crippen LogP contribution in [0.1, 0.15) is 152 Å². The summed E-state index contributed by atoms with van der Waals surface area (Å²) in [5, 5.41) is 9.51. The van der Waals surface area contributed by atoms with Crippen molar-refractivity contribution in [3.8, 4) is 16.9 Å². The molecule has 0 atom stereocenters. The van der Waals surface area contributed by atoms with E-state index in [0.29, 0.717) is 55.8 Å². The van der Waals surface area contributed by atoms with Gasteiger partial charge in [0.1, 0.15) is 5.75 Å². The second-order valence-electron chi connectivity index (χ2n) is 16.2. The van der Waals surface area contributed by atoms with Crippen LogP contribution in [0, 0.1) is 17.8 Å². The van der Waals surface area contributed by atoms with Crippen molar-refractivity contribution in [3.63, 3.8) is 0 Å². The lowest BCUT2D eigenvalue weighted by Crippen LogP contribution is -2.25. The van der Waals surface area contributed by atoms with Crippen LogP contribution in [0.25, 0.3) is 11.1 Å². The molecule has 0 aromatic heterocycles. The van der Waals surface area contributed by atoms with E-state index in [9.17, 15) is 14.7 Å². The molecule has 2 aromatic carbocycles. The van der Waals surface area contributed by atoms with Gasteiger partial charge in [0.2, 0.25) is 0 Å². The van der Waals surface area contributed by atoms with Crippen molar-refractivity contribution in [2.45, 2.75) is 149 Å². The summed E-state index contributed by atoms with van der Waals surface area (Å²) in [6.07, 6.45) is 20.8. The zero-order chi connectivity index (χ0) is 38.9. The van der Waals surface area contributed by atoms with E-state index in [4.69, 9.17) is 14.2 Å². The van der Waals surface area contributed by atoms with E-state index in [-0.39, 0.29) is 31.8 Å². The maximum atomic E-state index is 12.1. The third-order valence-corrected chi connectivity index (χ3v) is 12.0. The number of carbonyl (C=O) groups excluding carboxylic acids is 2. The van der Waals surface area contributed by atoms with E-state index in [2.05, 4.69) is 57.3 Å². The Kier molecular flexibility index (Phi) is 18.4. The van der Waals surface area contributed by atoms with Gasteiger partial charge in [-0.2, -0.15) is 0 Å². The van der Waals surface area contributed by atoms with Crippen molar-refractivity contribution in [1.29, 1.82) is 0 Å². The molecule has 2 aromatic rings. The summed E-state index contributed by atoms with van der Waals surface area (Å²) in [6.45, 7) is 16.3. The quantitative estimate of drug-likeness (QED) is 0.0735. The Morgan fingerprint density at radius 1 is 0.704 bits per heavy atom. The van der Waals surface area contributed by atoms with Gasteiger partial charge < -0.3 is 19.3 Å². The molecule has 0 heterocycles. The Morgan fingerprint density at radius 3 is 1.80 bits per heavy atom. The Balaban J connectivity index is 1.52. The minimum absolute atomic E-state index is 0.0461. The van der Waals surface area contributed by atoms with Gasteiger partial charge in [-0.25, -0.2) is 9.59 Å². The Morgan fingerprint density at radius 2 is 1.28 bits per heavy atom. The van der Waals surface area contributed by atoms with Crippen molar-refractivity contribution < 1.29 is 28.9 Å². The highest BCUT2D eigenvalue weighted by Crippen LogP contribution is 2.45. The number of hydrogen-bond acceptors (Lipinski definition) is 6. The van der Waals surface area contributed by atoms with Crippen LogP contribution in [0.3, 0.4) is 0 Å². The number of esters is 2. The van der Waals surface area contributed by atoms with Crippen LogP contribution >= 0.6 is 0 Å². The second kappa shape index (κ2) is 22.9. The first-order chi connectivity index (χ1) is 26.1. The van der Waals surface area contributed by atoms with Gasteiger partial charge in [-0.05, 0) is 154 Å². The molecule has 4 rings (SSSR count). The monoisotopic (exact) mass is 743 g/mol. The van der Waals surface area contributed by atoms with Crippen LogP contribution in [0.2, 0.25) is 0 Å². The number of hydrogen-bond donors (Lipinski definition) is 1. The molecule has 6 heteroatoms. The molecule has 0 aliphatic heterocycles. The van der Waals surface area contributed by atoms with Crippen LogP contribution < -0.4 is 4.74 Å². The zero-order valence-corrected chi connectivity index (χ0v) is 34.2. The minimum Gasteiger partial charge on any atom is -0.493 e. The summed E-state index contributed by atoms with van der Waals surface area (Å²) in [4.78, 5) is 24.1. The molecule has 54 heavy (non-hydrogen) atoms. The predicted molar refractivity (Wildman–Crippen MR) is 221 cm³/mol. The first kappa shape index (κ1) is 43.3. The maximum absolute atomic E-state index is 12.1. The number of aliphatic hydroxyl groups is 1. The number of benzene rings is 2. The highest BCUT2D eigenvalue weighted by molar-refractivity contribution is 5.87. The minimum atomic E-state index is -0.380. The van der Waals surface area contributed by atoms with Crippen LogP contribution in [-0.2, 0) is 38.3 Å². The first-order valence-electron chi connectivity index (χ1n) is 21.3. The molecular weight excluding hydrogens is 673 g/mol. The molecule has 0 spiro atoms. The van der Waals surface area contributed by atoms with Gasteiger partial charge >= 0.3 is 11.9 Å². The molecule has 298 valence electrons. The number of aryl methyl sites for hydroxylation is 3. The molecule has 2 aliphatic carbocycles. The molecule has 1 N–H and O–H groups in total. The lowest BCUT2D eigenvalue weighted by molar-refractivity contribution is -0.139. The fourth-order valence-corrected chi connectivity index (χ4v) is 8.80. The first-order valence-corrected chi connectivity index (χ1v) is 21.3. The largest absolute Gasteiger partial charge is 0.493 e. The highest BCUT2D eigenvalue weighted by Gasteiger charge is 2.31. The Bertz CT molecular complexity index is 1450. The smallest absolute Gasteiger partial charge is 0.333 e. The normalized spacial score (nSPS) is 19.9. The SMILES string of the molecule is C=C(C)C(=O)OCCCc1cc(-c2ccc(C3CCC(C4CCC(CCCCC)CC4)CC3)cc2CC)cc(CCCOC(=O)C(=C)C)c1OCCCO. The van der Waals surface area contributed by atoms with Crippen molar-refractivity contribution in [2.24, 2.45) is 17.8 Å². The molecule has 0 amide bonds. The molecule has 0 unspecified atom stereocenters. The number of unbranched alkanes of at least 4 members (excludes halogenated alkanes) is 2. The number of rotatable bonds is 22. The Labute approximate surface area is 327 Å². The number of ether oxygens (including phenoxy) is 3. The lowest BCUT2D eigenvalue weighted by Gasteiger charge is -2.38. The van der Waals surface area contributed by atoms with Gasteiger partial charge in [-0.1, -0.05) is 83.7 Å². The molecule has 2 aliphatic rings. The molecule has 6 nitrogen and oxygen atoms in total. The summed E-state index contributed by atoms with van der Waals surface area (Å²) in [7, 11) is 0. The average molecular weight is 743 g/mol. The van der Waals surface area contributed by atoms with Gasteiger partial charge in [0.15, 0.2) is 0 Å². The summed E-state index contributed by atoms with van der Waals surface area (Å²) in [5.74, 6) is 3.51. The van der Waals surface area contributed by atoms with E-state index >= 15 is 0 Å². The van der Waals surface area contributed by atoms with E-state index < -0.39 is 0 Å².